The second kappa shape index (κ2) is 10.6. The summed E-state index contributed by atoms with van der Waals surface area (Å²) < 4.78 is 45.6. The quantitative estimate of drug-likeness (QED) is 0.338. The van der Waals surface area contributed by atoms with Crippen molar-refractivity contribution in [3.05, 3.63) is 96.1 Å². The molecule has 0 N–H and O–H groups in total. The van der Waals surface area contributed by atoms with Crippen LogP contribution in [0.2, 0.25) is 0 Å². The van der Waals surface area contributed by atoms with Crippen LogP contribution in [0.15, 0.2) is 73.3 Å². The summed E-state index contributed by atoms with van der Waals surface area (Å²) in [6.45, 7) is 6.98. The SMILES string of the molecule is C=CC1CCC(c2ccc(COc3ccc(-c4ccc(OCC)c(F)c4F)cc3)cc2)OC1. The molecule has 2 atom stereocenters. The Hall–Kier alpha value is -3.18. The van der Waals surface area contributed by atoms with Crippen molar-refractivity contribution < 1.29 is 23.0 Å². The molecule has 0 bridgehead atoms. The molecule has 1 aliphatic heterocycles. The van der Waals surface area contributed by atoms with Gasteiger partial charge in [-0.15, -0.1) is 6.58 Å². The summed E-state index contributed by atoms with van der Waals surface area (Å²) in [5.74, 6) is -0.874. The molecule has 0 saturated carbocycles. The van der Waals surface area contributed by atoms with Gasteiger partial charge in [-0.25, -0.2) is 4.39 Å². The average molecular weight is 451 g/mol. The zero-order valence-electron chi connectivity index (χ0n) is 18.7. The minimum atomic E-state index is -0.975. The van der Waals surface area contributed by atoms with Crippen molar-refractivity contribution in [2.75, 3.05) is 13.2 Å². The molecule has 3 aromatic carbocycles. The third kappa shape index (κ3) is 5.42. The maximum Gasteiger partial charge on any atom is 0.201 e. The lowest BCUT2D eigenvalue weighted by molar-refractivity contribution is -0.00515. The van der Waals surface area contributed by atoms with E-state index in [1.807, 2.05) is 18.2 Å². The van der Waals surface area contributed by atoms with Gasteiger partial charge in [0.05, 0.1) is 19.3 Å². The smallest absolute Gasteiger partial charge is 0.201 e. The standard InChI is InChI=1S/C28H28F2O3/c1-3-19-7-15-25(33-17-19)22-8-5-20(6-9-22)18-32-23-12-10-21(11-13-23)24-14-16-26(31-4-2)28(30)27(24)29/h3,5-6,8-14,16,19,25H,1,4,7,15,17-18H2,2H3. The van der Waals surface area contributed by atoms with Gasteiger partial charge in [0.25, 0.3) is 0 Å². The second-order valence-electron chi connectivity index (χ2n) is 8.12. The van der Waals surface area contributed by atoms with Crippen molar-refractivity contribution in [1.82, 2.24) is 0 Å². The van der Waals surface area contributed by atoms with Gasteiger partial charge in [-0.05, 0) is 60.7 Å². The first kappa shape index (κ1) is 23.0. The van der Waals surface area contributed by atoms with Crippen LogP contribution in [0.5, 0.6) is 11.5 Å². The first-order chi connectivity index (χ1) is 16.1. The Morgan fingerprint density at radius 1 is 0.939 bits per heavy atom. The molecule has 2 unspecified atom stereocenters. The monoisotopic (exact) mass is 450 g/mol. The number of ether oxygens (including phenoxy) is 3. The van der Waals surface area contributed by atoms with Crippen molar-refractivity contribution in [3.8, 4) is 22.6 Å². The van der Waals surface area contributed by atoms with Gasteiger partial charge < -0.3 is 14.2 Å². The Balaban J connectivity index is 1.35. The number of halogens is 2. The summed E-state index contributed by atoms with van der Waals surface area (Å²) in [7, 11) is 0. The topological polar surface area (TPSA) is 27.7 Å². The van der Waals surface area contributed by atoms with Crippen LogP contribution in [0.4, 0.5) is 8.78 Å². The van der Waals surface area contributed by atoms with Gasteiger partial charge in [0, 0.05) is 11.5 Å². The van der Waals surface area contributed by atoms with Crippen LogP contribution in [0.25, 0.3) is 11.1 Å². The van der Waals surface area contributed by atoms with E-state index in [2.05, 4.69) is 18.7 Å². The highest BCUT2D eigenvalue weighted by Crippen LogP contribution is 2.32. The molecule has 33 heavy (non-hydrogen) atoms. The molecule has 0 spiro atoms. The molecular formula is C28H28F2O3. The number of hydrogen-bond donors (Lipinski definition) is 0. The number of hydrogen-bond acceptors (Lipinski definition) is 3. The van der Waals surface area contributed by atoms with E-state index in [4.69, 9.17) is 14.2 Å². The molecule has 5 heteroatoms. The van der Waals surface area contributed by atoms with E-state index in [1.54, 1.807) is 31.2 Å². The normalized spacial score (nSPS) is 18.0. The lowest BCUT2D eigenvalue weighted by Crippen LogP contribution is -2.19. The third-order valence-corrected chi connectivity index (χ3v) is 5.91. The van der Waals surface area contributed by atoms with Gasteiger partial charge in [-0.2, -0.15) is 4.39 Å². The highest BCUT2D eigenvalue weighted by molar-refractivity contribution is 5.66. The molecule has 3 aromatic rings. The van der Waals surface area contributed by atoms with Crippen LogP contribution < -0.4 is 9.47 Å². The maximum atomic E-state index is 14.4. The van der Waals surface area contributed by atoms with E-state index in [0.29, 0.717) is 23.8 Å². The summed E-state index contributed by atoms with van der Waals surface area (Å²) >= 11 is 0. The van der Waals surface area contributed by atoms with Crippen LogP contribution in [0.3, 0.4) is 0 Å². The van der Waals surface area contributed by atoms with Gasteiger partial charge in [-0.1, -0.05) is 42.5 Å². The first-order valence-electron chi connectivity index (χ1n) is 11.3. The largest absolute Gasteiger partial charge is 0.491 e. The maximum absolute atomic E-state index is 14.4. The first-order valence-corrected chi connectivity index (χ1v) is 11.3. The second-order valence-corrected chi connectivity index (χ2v) is 8.12. The Bertz CT molecular complexity index is 1070. The predicted octanol–water partition coefficient (Wildman–Crippen LogP) is 7.26. The predicted molar refractivity (Wildman–Crippen MR) is 125 cm³/mol. The highest BCUT2D eigenvalue weighted by atomic mass is 19.2. The molecule has 0 radical (unpaired) electrons. The van der Waals surface area contributed by atoms with Gasteiger partial charge in [0.1, 0.15) is 12.4 Å². The fourth-order valence-corrected chi connectivity index (χ4v) is 3.97. The van der Waals surface area contributed by atoms with Crippen LogP contribution in [0.1, 0.15) is 37.0 Å². The molecule has 1 fully saturated rings. The van der Waals surface area contributed by atoms with E-state index in [0.717, 1.165) is 25.0 Å². The molecule has 1 heterocycles. The fourth-order valence-electron chi connectivity index (χ4n) is 3.97. The fraction of sp³-hybridized carbons (Fsp3) is 0.286. The average Bonchev–Trinajstić information content (AvgIpc) is 2.87. The van der Waals surface area contributed by atoms with E-state index in [9.17, 15) is 8.78 Å². The summed E-state index contributed by atoms with van der Waals surface area (Å²) in [6.07, 6.45) is 4.20. The molecule has 172 valence electrons. The lowest BCUT2D eigenvalue weighted by atomic mass is 9.94. The summed E-state index contributed by atoms with van der Waals surface area (Å²) in [5.41, 5.74) is 2.97. The van der Waals surface area contributed by atoms with E-state index in [1.165, 1.54) is 17.7 Å². The third-order valence-electron chi connectivity index (χ3n) is 5.91. The minimum absolute atomic E-state index is 0.0827. The van der Waals surface area contributed by atoms with Crippen LogP contribution in [-0.2, 0) is 11.3 Å². The molecule has 0 amide bonds. The van der Waals surface area contributed by atoms with Crippen LogP contribution in [0, 0.1) is 17.6 Å². The molecule has 0 aromatic heterocycles. The summed E-state index contributed by atoms with van der Waals surface area (Å²) in [6, 6.07) is 18.2. The Morgan fingerprint density at radius 3 is 2.33 bits per heavy atom. The van der Waals surface area contributed by atoms with Crippen LogP contribution in [-0.4, -0.2) is 13.2 Å². The van der Waals surface area contributed by atoms with Crippen molar-refractivity contribution in [2.45, 2.75) is 32.5 Å². The van der Waals surface area contributed by atoms with Crippen molar-refractivity contribution in [2.24, 2.45) is 5.92 Å². The Labute approximate surface area is 193 Å². The van der Waals surface area contributed by atoms with Crippen molar-refractivity contribution in [3.63, 3.8) is 0 Å². The van der Waals surface area contributed by atoms with E-state index in [-0.39, 0.29) is 24.0 Å². The zero-order chi connectivity index (χ0) is 23.2. The van der Waals surface area contributed by atoms with E-state index >= 15 is 0 Å². The summed E-state index contributed by atoms with van der Waals surface area (Å²) in [4.78, 5) is 0. The van der Waals surface area contributed by atoms with E-state index < -0.39 is 11.6 Å². The number of benzene rings is 3. The molecular weight excluding hydrogens is 422 g/mol. The Morgan fingerprint density at radius 2 is 1.70 bits per heavy atom. The van der Waals surface area contributed by atoms with Gasteiger partial charge in [0.2, 0.25) is 5.82 Å². The van der Waals surface area contributed by atoms with Gasteiger partial charge in [0.15, 0.2) is 11.6 Å². The molecule has 3 nitrogen and oxygen atoms in total. The van der Waals surface area contributed by atoms with Crippen LogP contribution >= 0.6 is 0 Å². The molecule has 1 aliphatic rings. The van der Waals surface area contributed by atoms with Crippen molar-refractivity contribution >= 4 is 0 Å². The Kier molecular flexibility index (Phi) is 7.40. The van der Waals surface area contributed by atoms with Crippen molar-refractivity contribution in [1.29, 1.82) is 0 Å². The molecule has 4 rings (SSSR count). The number of rotatable bonds is 8. The van der Waals surface area contributed by atoms with Gasteiger partial charge in [-0.3, -0.25) is 0 Å². The molecule has 1 saturated heterocycles. The van der Waals surface area contributed by atoms with Gasteiger partial charge >= 0.3 is 0 Å². The lowest BCUT2D eigenvalue weighted by Gasteiger charge is -2.27. The zero-order valence-corrected chi connectivity index (χ0v) is 18.7. The minimum Gasteiger partial charge on any atom is -0.491 e. The summed E-state index contributed by atoms with van der Waals surface area (Å²) in [5, 5.41) is 0. The highest BCUT2D eigenvalue weighted by Gasteiger charge is 2.21. The molecule has 0 aliphatic carbocycles.